The second-order valence-electron chi connectivity index (χ2n) is 10.1. The average Bonchev–Trinajstić information content (AvgIpc) is 3.24. The van der Waals surface area contributed by atoms with Crippen LogP contribution in [0.4, 0.5) is 0 Å². The Bertz CT molecular complexity index is 1260. The van der Waals surface area contributed by atoms with Crippen molar-refractivity contribution in [1.82, 2.24) is 4.90 Å². The molecule has 2 aliphatic heterocycles. The molecule has 0 radical (unpaired) electrons. The summed E-state index contributed by atoms with van der Waals surface area (Å²) in [6.45, 7) is 3.99. The Labute approximate surface area is 201 Å². The van der Waals surface area contributed by atoms with Crippen molar-refractivity contribution >= 4 is 5.78 Å². The molecule has 1 atom stereocenters. The normalized spacial score (nSPS) is 25.2. The van der Waals surface area contributed by atoms with Crippen molar-refractivity contribution in [2.75, 3.05) is 0 Å². The Morgan fingerprint density at radius 2 is 1.38 bits per heavy atom. The van der Waals surface area contributed by atoms with E-state index in [1.165, 1.54) is 0 Å². The summed E-state index contributed by atoms with van der Waals surface area (Å²) < 4.78 is 0. The first kappa shape index (κ1) is 22.3. The van der Waals surface area contributed by atoms with Crippen LogP contribution in [0.3, 0.4) is 0 Å². The Hall–Kier alpha value is -3.47. The lowest BCUT2D eigenvalue weighted by molar-refractivity contribution is 0.0609. The van der Waals surface area contributed by atoms with Crippen LogP contribution < -0.4 is 0 Å². The summed E-state index contributed by atoms with van der Waals surface area (Å²) in [4.78, 5) is 15.9. The van der Waals surface area contributed by atoms with Crippen molar-refractivity contribution in [2.45, 2.75) is 69.0 Å². The fourth-order valence-corrected chi connectivity index (χ4v) is 6.56. The molecule has 0 unspecified atom stereocenters. The molecule has 0 amide bonds. The van der Waals surface area contributed by atoms with Crippen LogP contribution in [-0.2, 0) is 5.54 Å². The fraction of sp³-hybridized carbons (Fsp3) is 0.367. The van der Waals surface area contributed by atoms with Crippen molar-refractivity contribution in [1.29, 1.82) is 10.5 Å². The first-order valence-corrected chi connectivity index (χ1v) is 12.2. The molecule has 0 spiro atoms. The maximum Gasteiger partial charge on any atom is 0.220 e. The third-order valence-corrected chi connectivity index (χ3v) is 7.94. The summed E-state index contributed by atoms with van der Waals surface area (Å²) in [6.07, 6.45) is 7.90. The zero-order valence-electron chi connectivity index (χ0n) is 19.8. The van der Waals surface area contributed by atoms with E-state index in [1.807, 2.05) is 62.4 Å². The van der Waals surface area contributed by atoms with Crippen LogP contribution in [0.5, 0.6) is 0 Å². The van der Waals surface area contributed by atoms with Gasteiger partial charge >= 0.3 is 0 Å². The second-order valence-corrected chi connectivity index (χ2v) is 10.1. The summed E-state index contributed by atoms with van der Waals surface area (Å²) in [7, 11) is 0. The minimum absolute atomic E-state index is 0.0481. The lowest BCUT2D eigenvalue weighted by Gasteiger charge is -2.46. The van der Waals surface area contributed by atoms with Crippen LogP contribution in [0.1, 0.15) is 68.3 Å². The van der Waals surface area contributed by atoms with E-state index in [9.17, 15) is 15.3 Å². The molecular formula is C30H29N3O. The number of Topliss-reactive ketones (excluding diaryl/α,β-unsaturated/α-hetero) is 1. The highest BCUT2D eigenvalue weighted by Gasteiger charge is 2.68. The first-order chi connectivity index (χ1) is 16.4. The van der Waals surface area contributed by atoms with Crippen LogP contribution in [0.2, 0.25) is 0 Å². The van der Waals surface area contributed by atoms with Gasteiger partial charge < -0.3 is 0 Å². The van der Waals surface area contributed by atoms with Crippen LogP contribution in [0.15, 0.2) is 83.5 Å². The minimum atomic E-state index is -1.42. The Kier molecular flexibility index (Phi) is 5.31. The van der Waals surface area contributed by atoms with E-state index in [0.29, 0.717) is 11.1 Å². The highest BCUT2D eigenvalue weighted by atomic mass is 16.1. The Morgan fingerprint density at radius 1 is 0.824 bits per heavy atom. The molecule has 2 heterocycles. The molecule has 2 aromatic rings. The van der Waals surface area contributed by atoms with Gasteiger partial charge in [-0.3, -0.25) is 4.79 Å². The molecular weight excluding hydrogens is 418 g/mol. The van der Waals surface area contributed by atoms with Gasteiger partial charge in [-0.2, -0.15) is 10.5 Å². The molecule has 1 aliphatic carbocycles. The number of hydrogen-bond donors (Lipinski definition) is 0. The van der Waals surface area contributed by atoms with E-state index in [2.05, 4.69) is 35.2 Å². The number of rotatable bonds is 3. The van der Waals surface area contributed by atoms with Crippen molar-refractivity contribution in [2.24, 2.45) is 0 Å². The maximum atomic E-state index is 13.9. The molecule has 170 valence electrons. The van der Waals surface area contributed by atoms with Gasteiger partial charge in [0.15, 0.2) is 5.78 Å². The van der Waals surface area contributed by atoms with Crippen LogP contribution in [-0.4, -0.2) is 21.8 Å². The van der Waals surface area contributed by atoms with Gasteiger partial charge in [0.1, 0.15) is 12.1 Å². The van der Waals surface area contributed by atoms with E-state index >= 15 is 0 Å². The molecule has 4 nitrogen and oxygen atoms in total. The van der Waals surface area contributed by atoms with Gasteiger partial charge in [-0.05, 0) is 62.3 Å². The zero-order chi connectivity index (χ0) is 24.0. The number of ketones is 1. The van der Waals surface area contributed by atoms with E-state index in [-0.39, 0.29) is 5.78 Å². The van der Waals surface area contributed by atoms with E-state index in [1.54, 1.807) is 0 Å². The maximum absolute atomic E-state index is 13.9. The molecule has 0 saturated heterocycles. The lowest BCUT2D eigenvalue weighted by Crippen LogP contribution is -2.59. The average molecular weight is 448 g/mol. The second kappa shape index (κ2) is 8.08. The number of carbonyl (C=O) groups is 1. The molecule has 5 rings (SSSR count). The van der Waals surface area contributed by atoms with Crippen molar-refractivity contribution in [3.8, 4) is 12.1 Å². The molecule has 3 aliphatic rings. The largest absolute Gasteiger partial charge is 0.289 e. The predicted molar refractivity (Wildman–Crippen MR) is 132 cm³/mol. The highest BCUT2D eigenvalue weighted by Crippen LogP contribution is 2.62. The quantitative estimate of drug-likeness (QED) is 0.413. The summed E-state index contributed by atoms with van der Waals surface area (Å²) in [5, 5.41) is 21.3. The summed E-state index contributed by atoms with van der Waals surface area (Å²) in [5.41, 5.74) is 1.35. The third-order valence-electron chi connectivity index (χ3n) is 7.94. The Morgan fingerprint density at radius 3 is 1.97 bits per heavy atom. The van der Waals surface area contributed by atoms with Crippen LogP contribution in [0, 0.1) is 22.7 Å². The summed E-state index contributed by atoms with van der Waals surface area (Å²) in [6, 6.07) is 24.4. The Balaban J connectivity index is 1.85. The minimum Gasteiger partial charge on any atom is -0.289 e. The predicted octanol–water partition coefficient (Wildman–Crippen LogP) is 6.24. The van der Waals surface area contributed by atoms with Crippen LogP contribution >= 0.6 is 0 Å². The highest BCUT2D eigenvalue weighted by molar-refractivity contribution is 6.11. The lowest BCUT2D eigenvalue weighted by atomic mass is 9.77. The summed E-state index contributed by atoms with van der Waals surface area (Å²) >= 11 is 0. The van der Waals surface area contributed by atoms with Crippen molar-refractivity contribution in [3.05, 3.63) is 94.6 Å². The SMILES string of the molecule is CC1(C)C(C(=O)c2ccccc2)=C[C@@]2(c3ccccc3)C3=C(CCCCCC3)C(C#N)(C#N)N12. The topological polar surface area (TPSA) is 67.9 Å². The molecule has 0 fully saturated rings. The summed E-state index contributed by atoms with van der Waals surface area (Å²) in [5.74, 6) is -0.0481. The zero-order valence-corrected chi connectivity index (χ0v) is 19.8. The fourth-order valence-electron chi connectivity index (χ4n) is 6.56. The van der Waals surface area contributed by atoms with E-state index in [4.69, 9.17) is 0 Å². The van der Waals surface area contributed by atoms with Gasteiger partial charge in [0, 0.05) is 16.7 Å². The number of hydrogen-bond acceptors (Lipinski definition) is 4. The van der Waals surface area contributed by atoms with Crippen LogP contribution in [0.25, 0.3) is 0 Å². The van der Waals surface area contributed by atoms with Gasteiger partial charge in [0.25, 0.3) is 0 Å². The standard InChI is InChI=1S/C30H29N3O/c1-28(2)26(27(34)22-13-7-5-8-14-22)19-30(23-15-9-6-10-16-23)25-18-12-4-3-11-17-24(25)29(20-31,21-32)33(28)30/h5-10,13-16,19H,3-4,11-12,17-18H2,1-2H3/t30-/m1/s1. The van der Waals surface area contributed by atoms with Gasteiger partial charge in [-0.1, -0.05) is 73.5 Å². The number of nitrogens with zero attached hydrogens (tertiary/aromatic N) is 3. The molecule has 0 N–H and O–H groups in total. The first-order valence-electron chi connectivity index (χ1n) is 12.2. The number of nitriles is 2. The molecule has 0 aromatic heterocycles. The van der Waals surface area contributed by atoms with Gasteiger partial charge in [0.05, 0.1) is 5.54 Å². The smallest absolute Gasteiger partial charge is 0.220 e. The molecule has 34 heavy (non-hydrogen) atoms. The van der Waals surface area contributed by atoms with Crippen molar-refractivity contribution < 1.29 is 4.79 Å². The molecule has 2 aromatic carbocycles. The monoisotopic (exact) mass is 447 g/mol. The number of fused-ring (bicyclic) bond motifs is 2. The number of carbonyl (C=O) groups excluding carboxylic acids is 1. The van der Waals surface area contributed by atoms with E-state index < -0.39 is 16.6 Å². The number of benzene rings is 2. The van der Waals surface area contributed by atoms with Gasteiger partial charge in [-0.25, -0.2) is 4.90 Å². The van der Waals surface area contributed by atoms with Gasteiger partial charge in [-0.15, -0.1) is 0 Å². The third kappa shape index (κ3) is 2.89. The molecule has 0 saturated carbocycles. The van der Waals surface area contributed by atoms with Crippen molar-refractivity contribution in [3.63, 3.8) is 0 Å². The molecule has 4 heteroatoms. The van der Waals surface area contributed by atoms with E-state index in [0.717, 1.165) is 55.2 Å². The van der Waals surface area contributed by atoms with Gasteiger partial charge in [0.2, 0.25) is 5.54 Å². The molecule has 0 bridgehead atoms.